The lowest BCUT2D eigenvalue weighted by Gasteiger charge is -2.41. The first-order valence-corrected chi connectivity index (χ1v) is 16.9. The van der Waals surface area contributed by atoms with Crippen molar-refractivity contribution in [3.05, 3.63) is 52.1 Å². The van der Waals surface area contributed by atoms with E-state index in [4.69, 9.17) is 14.5 Å². The van der Waals surface area contributed by atoms with E-state index in [1.54, 1.807) is 13.3 Å². The van der Waals surface area contributed by atoms with E-state index in [1.165, 1.54) is 35.0 Å². The zero-order valence-electron chi connectivity index (χ0n) is 24.1. The number of hydrogen-bond acceptors (Lipinski definition) is 8. The lowest BCUT2D eigenvalue weighted by molar-refractivity contribution is 0.0115. The summed E-state index contributed by atoms with van der Waals surface area (Å²) in [6.45, 7) is 14.7. The van der Waals surface area contributed by atoms with Crippen molar-refractivity contribution in [1.82, 2.24) is 14.9 Å². The highest BCUT2D eigenvalue weighted by Gasteiger charge is 2.27. The van der Waals surface area contributed by atoms with Crippen molar-refractivity contribution < 1.29 is 9.47 Å². The summed E-state index contributed by atoms with van der Waals surface area (Å²) in [5.41, 5.74) is 5.61. The van der Waals surface area contributed by atoms with E-state index in [1.807, 2.05) is 0 Å². The van der Waals surface area contributed by atoms with Crippen LogP contribution in [0.5, 0.6) is 5.75 Å². The fourth-order valence-electron chi connectivity index (χ4n) is 5.58. The zero-order chi connectivity index (χ0) is 28.2. The average Bonchev–Trinajstić information content (AvgIpc) is 2.96. The van der Waals surface area contributed by atoms with Gasteiger partial charge in [-0.15, -0.1) is 0 Å². The van der Waals surface area contributed by atoms with E-state index >= 15 is 0 Å². The third-order valence-electron chi connectivity index (χ3n) is 7.76. The van der Waals surface area contributed by atoms with Crippen LogP contribution in [-0.2, 0) is 4.74 Å². The van der Waals surface area contributed by atoms with Crippen LogP contribution in [0.4, 0.5) is 28.8 Å². The Morgan fingerprint density at radius 3 is 2.45 bits per heavy atom. The first-order chi connectivity index (χ1) is 19.3. The minimum Gasteiger partial charge on any atom is -0.494 e. The second-order valence-electron chi connectivity index (χ2n) is 10.8. The number of nitrogens with zero attached hydrogens (tertiary/aromatic N) is 4. The van der Waals surface area contributed by atoms with Crippen LogP contribution >= 0.6 is 23.9 Å². The van der Waals surface area contributed by atoms with Gasteiger partial charge in [0.05, 0.1) is 30.5 Å². The SMILES string of the molecule is COc1cc(N2CCC(N3CCOCC3)CC2)c(C)cc1Nc1ncc(Br)c(Nc2ccc(C)cc2P(C)C)n1. The van der Waals surface area contributed by atoms with Crippen molar-refractivity contribution in [3.8, 4) is 5.75 Å². The smallest absolute Gasteiger partial charge is 0.229 e. The fraction of sp³-hybridized carbons (Fsp3) is 0.467. The largest absolute Gasteiger partial charge is 0.494 e. The zero-order valence-corrected chi connectivity index (χ0v) is 26.6. The second kappa shape index (κ2) is 13.0. The third-order valence-corrected chi connectivity index (χ3v) is 9.68. The summed E-state index contributed by atoms with van der Waals surface area (Å²) in [7, 11) is 1.44. The van der Waals surface area contributed by atoms with Crippen LogP contribution in [0, 0.1) is 13.8 Å². The number of aromatic nitrogens is 2. The maximum absolute atomic E-state index is 5.83. The molecule has 0 atom stereocenters. The predicted molar refractivity (Wildman–Crippen MR) is 171 cm³/mol. The van der Waals surface area contributed by atoms with Crippen LogP contribution in [0.25, 0.3) is 0 Å². The molecule has 2 aromatic carbocycles. The third kappa shape index (κ3) is 6.71. The molecule has 1 aromatic heterocycles. The highest BCUT2D eigenvalue weighted by Crippen LogP contribution is 2.37. The van der Waals surface area contributed by atoms with Gasteiger partial charge in [0, 0.05) is 55.9 Å². The van der Waals surface area contributed by atoms with Gasteiger partial charge < -0.3 is 25.0 Å². The summed E-state index contributed by atoms with van der Waals surface area (Å²) in [5, 5.41) is 8.24. The van der Waals surface area contributed by atoms with Gasteiger partial charge in [-0.25, -0.2) is 4.98 Å². The van der Waals surface area contributed by atoms with E-state index < -0.39 is 0 Å². The second-order valence-corrected chi connectivity index (χ2v) is 13.9. The Labute approximate surface area is 247 Å². The number of piperidine rings is 1. The molecular formula is C30H40BrN6O2P. The van der Waals surface area contributed by atoms with Gasteiger partial charge >= 0.3 is 0 Å². The maximum Gasteiger partial charge on any atom is 0.229 e. The number of morpholine rings is 1. The molecule has 0 aliphatic carbocycles. The van der Waals surface area contributed by atoms with Crippen LogP contribution in [0.2, 0.25) is 0 Å². The number of ether oxygens (including phenoxy) is 2. The summed E-state index contributed by atoms with van der Waals surface area (Å²) < 4.78 is 12.2. The summed E-state index contributed by atoms with van der Waals surface area (Å²) >= 11 is 3.62. The standard InChI is InChI=1S/C30H40BrN6O2P/c1-20-6-7-24(28(16-20)40(4)5)33-29-23(31)19-32-30(35-29)34-25-17-21(2)26(18-27(25)38-3)37-10-8-22(9-11-37)36-12-14-39-15-13-36/h6-7,16-19,22H,8-15H2,1-5H3,(H2,32,33,34,35). The molecule has 0 saturated carbocycles. The highest BCUT2D eigenvalue weighted by molar-refractivity contribution is 9.10. The number of nitrogens with one attached hydrogen (secondary N) is 2. The van der Waals surface area contributed by atoms with Gasteiger partial charge in [-0.1, -0.05) is 19.6 Å². The van der Waals surface area contributed by atoms with Crippen molar-refractivity contribution in [2.75, 3.05) is 75.4 Å². The number of rotatable bonds is 8. The number of halogens is 1. The van der Waals surface area contributed by atoms with Crippen LogP contribution in [0.15, 0.2) is 41.0 Å². The average molecular weight is 628 g/mol. The minimum absolute atomic E-state index is 0.276. The van der Waals surface area contributed by atoms with Gasteiger partial charge in [0.2, 0.25) is 5.95 Å². The van der Waals surface area contributed by atoms with E-state index in [-0.39, 0.29) is 7.92 Å². The molecule has 2 aliphatic heterocycles. The van der Waals surface area contributed by atoms with Gasteiger partial charge in [-0.2, -0.15) is 4.98 Å². The first kappa shape index (κ1) is 29.1. The van der Waals surface area contributed by atoms with Crippen LogP contribution in [-0.4, -0.2) is 80.7 Å². The van der Waals surface area contributed by atoms with E-state index in [0.29, 0.717) is 12.0 Å². The monoisotopic (exact) mass is 626 g/mol. The molecule has 0 amide bonds. The van der Waals surface area contributed by atoms with Crippen molar-refractivity contribution in [1.29, 1.82) is 0 Å². The molecule has 214 valence electrons. The van der Waals surface area contributed by atoms with Gasteiger partial charge in [-0.05, 0) is 85.0 Å². The maximum atomic E-state index is 5.83. The summed E-state index contributed by atoms with van der Waals surface area (Å²) in [5.74, 6) is 2.00. The van der Waals surface area contributed by atoms with Crippen LogP contribution in [0.3, 0.4) is 0 Å². The van der Waals surface area contributed by atoms with E-state index in [2.05, 4.69) is 98.9 Å². The Bertz CT molecular complexity index is 1330. The summed E-state index contributed by atoms with van der Waals surface area (Å²) in [6, 6.07) is 11.4. The molecule has 3 heterocycles. The molecule has 10 heteroatoms. The van der Waals surface area contributed by atoms with Gasteiger partial charge in [0.25, 0.3) is 0 Å². The Balaban J connectivity index is 1.32. The molecule has 3 aromatic rings. The Hall–Kier alpha value is -2.45. The Morgan fingerprint density at radius 1 is 1.00 bits per heavy atom. The Morgan fingerprint density at radius 2 is 1.75 bits per heavy atom. The molecule has 0 spiro atoms. The quantitative estimate of drug-likeness (QED) is 0.294. The van der Waals surface area contributed by atoms with Gasteiger partial charge in [0.15, 0.2) is 0 Å². The lowest BCUT2D eigenvalue weighted by Crippen LogP contribution is -2.49. The summed E-state index contributed by atoms with van der Waals surface area (Å²) in [4.78, 5) is 14.4. The van der Waals surface area contributed by atoms with Crippen LogP contribution in [0.1, 0.15) is 24.0 Å². The Kier molecular flexibility index (Phi) is 9.46. The molecule has 0 radical (unpaired) electrons. The van der Waals surface area contributed by atoms with Gasteiger partial charge in [-0.3, -0.25) is 4.90 Å². The van der Waals surface area contributed by atoms with Crippen molar-refractivity contribution >= 4 is 58.0 Å². The fourth-order valence-corrected chi connectivity index (χ4v) is 6.94. The molecule has 2 N–H and O–H groups in total. The molecule has 0 bridgehead atoms. The highest BCUT2D eigenvalue weighted by atomic mass is 79.9. The number of anilines is 5. The van der Waals surface area contributed by atoms with E-state index in [9.17, 15) is 0 Å². The molecule has 40 heavy (non-hydrogen) atoms. The van der Waals surface area contributed by atoms with Crippen molar-refractivity contribution in [3.63, 3.8) is 0 Å². The topological polar surface area (TPSA) is 74.8 Å². The molecule has 5 rings (SSSR count). The van der Waals surface area contributed by atoms with Crippen molar-refractivity contribution in [2.24, 2.45) is 0 Å². The normalized spacial score (nSPS) is 16.8. The number of methoxy groups -OCH3 is 1. The first-order valence-electron chi connectivity index (χ1n) is 13.9. The van der Waals surface area contributed by atoms with Crippen LogP contribution < -0.4 is 25.6 Å². The minimum atomic E-state index is -0.276. The molecule has 2 fully saturated rings. The lowest BCUT2D eigenvalue weighted by atomic mass is 10.0. The molecular weight excluding hydrogens is 587 g/mol. The predicted octanol–water partition coefficient (Wildman–Crippen LogP) is 6.02. The molecule has 2 saturated heterocycles. The number of benzene rings is 2. The molecule has 2 aliphatic rings. The van der Waals surface area contributed by atoms with Gasteiger partial charge in [0.1, 0.15) is 11.6 Å². The van der Waals surface area contributed by atoms with Crippen molar-refractivity contribution in [2.45, 2.75) is 32.7 Å². The summed E-state index contributed by atoms with van der Waals surface area (Å²) in [6.07, 6.45) is 4.12. The number of aryl methyl sites for hydroxylation is 2. The molecule has 0 unspecified atom stereocenters. The van der Waals surface area contributed by atoms with E-state index in [0.717, 1.165) is 66.8 Å². The number of hydrogen-bond donors (Lipinski definition) is 2. The molecule has 8 nitrogen and oxygen atoms in total.